The SMILES string of the molecule is COc1ccc([C@H]2C[C@H](NCc3ccccc3Cl)C[C@@H]2C(=O)N2CCN(C)CC2)cc1. The van der Waals surface area contributed by atoms with Crippen LogP contribution in [0, 0.1) is 5.92 Å². The molecule has 1 aliphatic carbocycles. The summed E-state index contributed by atoms with van der Waals surface area (Å²) in [4.78, 5) is 17.9. The Balaban J connectivity index is 1.49. The third-order valence-electron chi connectivity index (χ3n) is 6.78. The minimum Gasteiger partial charge on any atom is -0.497 e. The lowest BCUT2D eigenvalue weighted by molar-refractivity contribution is -0.137. The standard InChI is InChI=1S/C25H32ClN3O2/c1-28-11-13-29(14-12-28)25(30)23-16-20(27-17-19-5-3-4-6-24(19)26)15-22(23)18-7-9-21(31-2)10-8-18/h3-10,20,22-23,27H,11-17H2,1-2H3/t20-,22+,23-/m0/s1. The van der Waals surface area contributed by atoms with Gasteiger partial charge in [-0.1, -0.05) is 41.9 Å². The fraction of sp³-hybridized carbons (Fsp3) is 0.480. The van der Waals surface area contributed by atoms with Crippen LogP contribution in [0.25, 0.3) is 0 Å². The Labute approximate surface area is 190 Å². The summed E-state index contributed by atoms with van der Waals surface area (Å²) >= 11 is 6.34. The molecule has 31 heavy (non-hydrogen) atoms. The summed E-state index contributed by atoms with van der Waals surface area (Å²) in [6.45, 7) is 4.24. The number of ether oxygens (including phenoxy) is 1. The fourth-order valence-electron chi connectivity index (χ4n) is 4.85. The zero-order valence-corrected chi connectivity index (χ0v) is 19.1. The van der Waals surface area contributed by atoms with Gasteiger partial charge in [-0.15, -0.1) is 0 Å². The number of halogens is 1. The highest BCUT2D eigenvalue weighted by Gasteiger charge is 2.41. The van der Waals surface area contributed by atoms with E-state index in [1.165, 1.54) is 5.56 Å². The quantitative estimate of drug-likeness (QED) is 0.741. The number of methoxy groups -OCH3 is 1. The van der Waals surface area contributed by atoms with Crippen LogP contribution in [0.15, 0.2) is 48.5 Å². The lowest BCUT2D eigenvalue weighted by Crippen LogP contribution is -2.49. The number of nitrogens with one attached hydrogen (secondary N) is 1. The molecular weight excluding hydrogens is 410 g/mol. The van der Waals surface area contributed by atoms with Gasteiger partial charge < -0.3 is 19.9 Å². The van der Waals surface area contributed by atoms with E-state index in [4.69, 9.17) is 16.3 Å². The van der Waals surface area contributed by atoms with Crippen LogP contribution < -0.4 is 10.1 Å². The molecule has 6 heteroatoms. The summed E-state index contributed by atoms with van der Waals surface area (Å²) in [7, 11) is 3.80. The van der Waals surface area contributed by atoms with E-state index in [2.05, 4.69) is 40.4 Å². The second kappa shape index (κ2) is 10.0. The van der Waals surface area contributed by atoms with Crippen molar-refractivity contribution in [1.82, 2.24) is 15.1 Å². The molecule has 0 bridgehead atoms. The summed E-state index contributed by atoms with van der Waals surface area (Å²) in [6, 6.07) is 16.4. The van der Waals surface area contributed by atoms with Gasteiger partial charge in [-0.2, -0.15) is 0 Å². The van der Waals surface area contributed by atoms with Crippen molar-refractivity contribution in [3.05, 3.63) is 64.7 Å². The number of likely N-dealkylation sites (N-methyl/N-ethyl adjacent to an activating group) is 1. The highest BCUT2D eigenvalue weighted by molar-refractivity contribution is 6.31. The van der Waals surface area contributed by atoms with Crippen LogP contribution in [0.2, 0.25) is 5.02 Å². The van der Waals surface area contributed by atoms with E-state index in [0.717, 1.165) is 61.9 Å². The molecule has 166 valence electrons. The van der Waals surface area contributed by atoms with Crippen LogP contribution in [-0.4, -0.2) is 62.1 Å². The lowest BCUT2D eigenvalue weighted by atomic mass is 9.87. The number of carbonyl (C=O) groups is 1. The topological polar surface area (TPSA) is 44.8 Å². The first kappa shape index (κ1) is 22.1. The van der Waals surface area contributed by atoms with Crippen LogP contribution in [-0.2, 0) is 11.3 Å². The van der Waals surface area contributed by atoms with Gasteiger partial charge in [0, 0.05) is 49.7 Å². The first-order chi connectivity index (χ1) is 15.0. The smallest absolute Gasteiger partial charge is 0.226 e. The molecule has 0 spiro atoms. The van der Waals surface area contributed by atoms with Gasteiger partial charge in [0.1, 0.15) is 5.75 Å². The predicted molar refractivity (Wildman–Crippen MR) is 125 cm³/mol. The van der Waals surface area contributed by atoms with Gasteiger partial charge in [-0.25, -0.2) is 0 Å². The molecule has 5 nitrogen and oxygen atoms in total. The number of hydrogen-bond donors (Lipinski definition) is 1. The summed E-state index contributed by atoms with van der Waals surface area (Å²) in [6.07, 6.45) is 1.80. The Morgan fingerprint density at radius 2 is 1.77 bits per heavy atom. The molecular formula is C25H32ClN3O2. The van der Waals surface area contributed by atoms with E-state index in [0.29, 0.717) is 5.91 Å². The minimum atomic E-state index is 0.000506. The molecule has 2 aliphatic rings. The van der Waals surface area contributed by atoms with Gasteiger partial charge in [0.05, 0.1) is 7.11 Å². The predicted octanol–water partition coefficient (Wildman–Crippen LogP) is 3.77. The van der Waals surface area contributed by atoms with Crippen molar-refractivity contribution < 1.29 is 9.53 Å². The maximum absolute atomic E-state index is 13.5. The van der Waals surface area contributed by atoms with Crippen LogP contribution >= 0.6 is 11.6 Å². The molecule has 2 aromatic carbocycles. The van der Waals surface area contributed by atoms with Crippen LogP contribution in [0.3, 0.4) is 0 Å². The molecule has 1 saturated heterocycles. The number of rotatable bonds is 6. The van der Waals surface area contributed by atoms with Crippen LogP contribution in [0.1, 0.15) is 29.9 Å². The molecule has 2 aromatic rings. The lowest BCUT2D eigenvalue weighted by Gasteiger charge is -2.35. The summed E-state index contributed by atoms with van der Waals surface area (Å²) in [5, 5.41) is 4.45. The van der Waals surface area contributed by atoms with Gasteiger partial charge >= 0.3 is 0 Å². The average molecular weight is 442 g/mol. The maximum Gasteiger partial charge on any atom is 0.226 e. The van der Waals surface area contributed by atoms with Crippen molar-refractivity contribution in [2.24, 2.45) is 5.92 Å². The summed E-state index contributed by atoms with van der Waals surface area (Å²) < 4.78 is 5.33. The fourth-order valence-corrected chi connectivity index (χ4v) is 5.06. The normalized spacial score (nSPS) is 24.4. The minimum absolute atomic E-state index is 0.000506. The van der Waals surface area contributed by atoms with Crippen molar-refractivity contribution in [1.29, 1.82) is 0 Å². The molecule has 0 radical (unpaired) electrons. The molecule has 2 fully saturated rings. The van der Waals surface area contributed by atoms with Crippen molar-refractivity contribution in [2.45, 2.75) is 31.3 Å². The van der Waals surface area contributed by atoms with E-state index < -0.39 is 0 Å². The third-order valence-corrected chi connectivity index (χ3v) is 7.15. The molecule has 1 aliphatic heterocycles. The Bertz CT molecular complexity index is 881. The van der Waals surface area contributed by atoms with Gasteiger partial charge in [0.2, 0.25) is 5.91 Å². The number of carbonyl (C=O) groups excluding carboxylic acids is 1. The largest absolute Gasteiger partial charge is 0.497 e. The molecule has 0 unspecified atom stereocenters. The van der Waals surface area contributed by atoms with Crippen LogP contribution in [0.4, 0.5) is 0 Å². The third kappa shape index (κ3) is 5.22. The summed E-state index contributed by atoms with van der Waals surface area (Å²) in [5.74, 6) is 1.36. The van der Waals surface area contributed by atoms with E-state index in [1.54, 1.807) is 7.11 Å². The van der Waals surface area contributed by atoms with Gasteiger partial charge in [0.25, 0.3) is 0 Å². The van der Waals surface area contributed by atoms with Crippen LogP contribution in [0.5, 0.6) is 5.75 Å². The van der Waals surface area contributed by atoms with E-state index in [1.807, 2.05) is 30.3 Å². The van der Waals surface area contributed by atoms with E-state index in [9.17, 15) is 4.79 Å². The Kier molecular flexibility index (Phi) is 7.16. The maximum atomic E-state index is 13.5. The van der Waals surface area contributed by atoms with Gasteiger partial charge in [0.15, 0.2) is 0 Å². The monoisotopic (exact) mass is 441 g/mol. The molecule has 0 aromatic heterocycles. The zero-order valence-electron chi connectivity index (χ0n) is 18.4. The number of amides is 1. The molecule has 1 saturated carbocycles. The van der Waals surface area contributed by atoms with E-state index >= 15 is 0 Å². The van der Waals surface area contributed by atoms with Crippen molar-refractivity contribution in [3.63, 3.8) is 0 Å². The van der Waals surface area contributed by atoms with Crippen molar-refractivity contribution >= 4 is 17.5 Å². The summed E-state index contributed by atoms with van der Waals surface area (Å²) in [5.41, 5.74) is 2.31. The average Bonchev–Trinajstić information content (AvgIpc) is 3.23. The number of nitrogens with zero attached hydrogens (tertiary/aromatic N) is 2. The number of benzene rings is 2. The molecule has 1 heterocycles. The first-order valence-corrected chi connectivity index (χ1v) is 11.5. The van der Waals surface area contributed by atoms with Gasteiger partial charge in [-0.05, 0) is 55.1 Å². The second-order valence-electron chi connectivity index (χ2n) is 8.76. The van der Waals surface area contributed by atoms with E-state index in [-0.39, 0.29) is 17.9 Å². The molecule has 4 rings (SSSR count). The Morgan fingerprint density at radius 3 is 2.45 bits per heavy atom. The highest BCUT2D eigenvalue weighted by Crippen LogP contribution is 2.41. The van der Waals surface area contributed by atoms with Crippen molar-refractivity contribution in [2.75, 3.05) is 40.3 Å². The number of hydrogen-bond acceptors (Lipinski definition) is 4. The highest BCUT2D eigenvalue weighted by atomic mass is 35.5. The molecule has 1 N–H and O–H groups in total. The second-order valence-corrected chi connectivity index (χ2v) is 9.16. The first-order valence-electron chi connectivity index (χ1n) is 11.1. The molecule has 1 amide bonds. The molecule has 3 atom stereocenters. The van der Waals surface area contributed by atoms with Crippen molar-refractivity contribution in [3.8, 4) is 5.75 Å². The number of piperazine rings is 1. The zero-order chi connectivity index (χ0) is 21.8. The Hall–Kier alpha value is -2.08. The Morgan fingerprint density at radius 1 is 1.06 bits per heavy atom. The van der Waals surface area contributed by atoms with Gasteiger partial charge in [-0.3, -0.25) is 4.79 Å².